The normalized spacial score (nSPS) is 21.7. The van der Waals surface area contributed by atoms with Crippen LogP contribution < -0.4 is 0 Å². The average Bonchev–Trinajstić information content (AvgIpc) is 2.92. The number of urea groups is 1. The van der Waals surface area contributed by atoms with Gasteiger partial charge in [-0.05, 0) is 26.7 Å². The van der Waals surface area contributed by atoms with Gasteiger partial charge in [-0.25, -0.2) is 4.79 Å². The summed E-state index contributed by atoms with van der Waals surface area (Å²) >= 11 is 0. The van der Waals surface area contributed by atoms with Crippen LogP contribution in [0.1, 0.15) is 31.0 Å². The average molecular weight is 319 g/mol. The summed E-state index contributed by atoms with van der Waals surface area (Å²) in [5.41, 5.74) is 1.65. The van der Waals surface area contributed by atoms with Crippen molar-refractivity contribution in [3.63, 3.8) is 0 Å². The summed E-state index contributed by atoms with van der Waals surface area (Å²) in [5.74, 6) is -0.0402. The number of hydrogen-bond acceptors (Lipinski definition) is 4. The van der Waals surface area contributed by atoms with E-state index in [0.717, 1.165) is 25.3 Å². The van der Waals surface area contributed by atoms with Crippen LogP contribution in [-0.2, 0) is 18.4 Å². The molecule has 3 rings (SSSR count). The predicted molar refractivity (Wildman–Crippen MR) is 85.7 cm³/mol. The molecular formula is C16H25N5O2. The molecule has 7 heteroatoms. The molecule has 2 saturated heterocycles. The number of carbonyl (C=O) groups is 2. The molecule has 0 unspecified atom stereocenters. The SMILES string of the molecule is CCN1C(=O)N(C)C(=O)C12CCN(Cc1cn(C)nc1C)CC2. The number of aromatic nitrogens is 2. The first-order valence-corrected chi connectivity index (χ1v) is 8.20. The van der Waals surface area contributed by atoms with Gasteiger partial charge in [-0.1, -0.05) is 0 Å². The van der Waals surface area contributed by atoms with Crippen LogP contribution in [0.3, 0.4) is 0 Å². The Labute approximate surface area is 136 Å². The Bertz CT molecular complexity index is 630. The highest BCUT2D eigenvalue weighted by molar-refractivity contribution is 6.06. The number of carbonyl (C=O) groups excluding carboxylic acids is 2. The lowest BCUT2D eigenvalue weighted by molar-refractivity contribution is -0.134. The van der Waals surface area contributed by atoms with Gasteiger partial charge in [0.15, 0.2) is 0 Å². The molecule has 2 aliphatic rings. The fourth-order valence-electron chi connectivity index (χ4n) is 3.93. The number of likely N-dealkylation sites (N-methyl/N-ethyl adjacent to an activating group) is 2. The number of nitrogens with zero attached hydrogens (tertiary/aromatic N) is 5. The summed E-state index contributed by atoms with van der Waals surface area (Å²) in [4.78, 5) is 30.2. The van der Waals surface area contributed by atoms with Crippen LogP contribution in [0.25, 0.3) is 0 Å². The third-order valence-corrected chi connectivity index (χ3v) is 5.25. The van der Waals surface area contributed by atoms with Gasteiger partial charge in [0.05, 0.1) is 5.69 Å². The second-order valence-corrected chi connectivity index (χ2v) is 6.61. The molecule has 0 aromatic carbocycles. The van der Waals surface area contributed by atoms with Gasteiger partial charge in [0.25, 0.3) is 5.91 Å². The molecule has 0 N–H and O–H groups in total. The van der Waals surface area contributed by atoms with E-state index < -0.39 is 5.54 Å². The van der Waals surface area contributed by atoms with Crippen molar-refractivity contribution in [3.8, 4) is 0 Å². The van der Waals surface area contributed by atoms with Crippen LogP contribution in [0.5, 0.6) is 0 Å². The maximum atomic E-state index is 12.6. The molecule has 2 aliphatic heterocycles. The Hall–Kier alpha value is -1.89. The van der Waals surface area contributed by atoms with Crippen molar-refractivity contribution in [2.45, 2.75) is 38.8 Å². The lowest BCUT2D eigenvalue weighted by Gasteiger charge is -2.41. The topological polar surface area (TPSA) is 61.7 Å². The fraction of sp³-hybridized carbons (Fsp3) is 0.688. The molecule has 0 saturated carbocycles. The van der Waals surface area contributed by atoms with E-state index in [4.69, 9.17) is 0 Å². The lowest BCUT2D eigenvalue weighted by Crippen LogP contribution is -2.56. The van der Waals surface area contributed by atoms with Gasteiger partial charge in [-0.2, -0.15) is 5.10 Å². The summed E-state index contributed by atoms with van der Waals surface area (Å²) < 4.78 is 1.84. The maximum absolute atomic E-state index is 12.6. The largest absolute Gasteiger partial charge is 0.327 e. The second kappa shape index (κ2) is 5.63. The van der Waals surface area contributed by atoms with Crippen LogP contribution in [0.4, 0.5) is 4.79 Å². The van der Waals surface area contributed by atoms with Gasteiger partial charge >= 0.3 is 6.03 Å². The first-order valence-electron chi connectivity index (χ1n) is 8.20. The predicted octanol–water partition coefficient (Wildman–Crippen LogP) is 0.977. The van der Waals surface area contributed by atoms with Gasteiger partial charge < -0.3 is 4.90 Å². The number of likely N-dealkylation sites (tertiary alicyclic amines) is 1. The smallest absolute Gasteiger partial charge is 0.310 e. The van der Waals surface area contributed by atoms with E-state index in [1.54, 1.807) is 11.9 Å². The maximum Gasteiger partial charge on any atom is 0.327 e. The monoisotopic (exact) mass is 319 g/mol. The standard InChI is InChI=1S/C16H25N5O2/c1-5-21-15(23)19(4)14(22)16(21)6-8-20(9-7-16)11-13-10-18(3)17-12(13)2/h10H,5-9,11H2,1-4H3. The Balaban J connectivity index is 1.71. The van der Waals surface area contributed by atoms with E-state index in [0.29, 0.717) is 19.4 Å². The van der Waals surface area contributed by atoms with Crippen molar-refractivity contribution in [2.75, 3.05) is 26.7 Å². The first kappa shape index (κ1) is 16.0. The summed E-state index contributed by atoms with van der Waals surface area (Å²) in [6.07, 6.45) is 3.46. The van der Waals surface area contributed by atoms with E-state index in [2.05, 4.69) is 16.2 Å². The summed E-state index contributed by atoms with van der Waals surface area (Å²) in [7, 11) is 3.52. The summed E-state index contributed by atoms with van der Waals surface area (Å²) in [6, 6.07) is -0.158. The van der Waals surface area contributed by atoms with Gasteiger partial charge in [-0.3, -0.25) is 19.3 Å². The lowest BCUT2D eigenvalue weighted by atomic mass is 9.85. The van der Waals surface area contributed by atoms with Crippen LogP contribution in [0.2, 0.25) is 0 Å². The Morgan fingerprint density at radius 1 is 1.22 bits per heavy atom. The highest BCUT2D eigenvalue weighted by Gasteiger charge is 2.56. The molecule has 0 aliphatic carbocycles. The Morgan fingerprint density at radius 2 is 1.87 bits per heavy atom. The molecule has 126 valence electrons. The highest BCUT2D eigenvalue weighted by Crippen LogP contribution is 2.36. The van der Waals surface area contributed by atoms with Crippen molar-refractivity contribution in [1.29, 1.82) is 0 Å². The van der Waals surface area contributed by atoms with Crippen LogP contribution in [0, 0.1) is 6.92 Å². The summed E-state index contributed by atoms with van der Waals surface area (Å²) in [5, 5.41) is 4.38. The first-order chi connectivity index (χ1) is 10.9. The van der Waals surface area contributed by atoms with Crippen molar-refractivity contribution < 1.29 is 9.59 Å². The molecule has 3 heterocycles. The molecule has 23 heavy (non-hydrogen) atoms. The van der Waals surface area contributed by atoms with Crippen LogP contribution in [-0.4, -0.2) is 68.6 Å². The molecule has 1 aromatic rings. The number of rotatable bonds is 3. The molecule has 1 spiro atoms. The van der Waals surface area contributed by atoms with Gasteiger partial charge in [-0.15, -0.1) is 0 Å². The van der Waals surface area contributed by atoms with E-state index in [-0.39, 0.29) is 11.9 Å². The van der Waals surface area contributed by atoms with Crippen molar-refractivity contribution in [1.82, 2.24) is 24.5 Å². The Kier molecular flexibility index (Phi) is 3.91. The highest BCUT2D eigenvalue weighted by atomic mass is 16.2. The molecule has 2 fully saturated rings. The minimum absolute atomic E-state index is 0.0402. The van der Waals surface area contributed by atoms with E-state index in [1.807, 2.05) is 25.6 Å². The molecular weight excluding hydrogens is 294 g/mol. The molecule has 0 bridgehead atoms. The van der Waals surface area contributed by atoms with Crippen LogP contribution in [0.15, 0.2) is 6.20 Å². The minimum Gasteiger partial charge on any atom is -0.310 e. The summed E-state index contributed by atoms with van der Waals surface area (Å²) in [6.45, 7) is 7.02. The van der Waals surface area contributed by atoms with E-state index in [1.165, 1.54) is 10.5 Å². The Morgan fingerprint density at radius 3 is 2.39 bits per heavy atom. The minimum atomic E-state index is -0.624. The van der Waals surface area contributed by atoms with Crippen molar-refractivity contribution in [3.05, 3.63) is 17.5 Å². The third kappa shape index (κ3) is 2.43. The molecule has 7 nitrogen and oxygen atoms in total. The second-order valence-electron chi connectivity index (χ2n) is 6.61. The van der Waals surface area contributed by atoms with Gasteiger partial charge in [0.1, 0.15) is 5.54 Å². The third-order valence-electron chi connectivity index (χ3n) is 5.25. The molecule has 0 radical (unpaired) electrons. The zero-order valence-electron chi connectivity index (χ0n) is 14.4. The fourth-order valence-corrected chi connectivity index (χ4v) is 3.93. The quantitative estimate of drug-likeness (QED) is 0.779. The van der Waals surface area contributed by atoms with E-state index in [9.17, 15) is 9.59 Å². The van der Waals surface area contributed by atoms with Gasteiger partial charge in [0, 0.05) is 52.0 Å². The van der Waals surface area contributed by atoms with Crippen molar-refractivity contribution >= 4 is 11.9 Å². The van der Waals surface area contributed by atoms with Gasteiger partial charge in [0.2, 0.25) is 0 Å². The number of aryl methyl sites for hydroxylation is 2. The zero-order chi connectivity index (χ0) is 16.8. The molecule has 3 amide bonds. The number of imide groups is 1. The van der Waals surface area contributed by atoms with Crippen LogP contribution >= 0.6 is 0 Å². The van der Waals surface area contributed by atoms with Crippen molar-refractivity contribution in [2.24, 2.45) is 7.05 Å². The number of amides is 3. The number of piperidine rings is 1. The zero-order valence-corrected chi connectivity index (χ0v) is 14.4. The molecule has 0 atom stereocenters. The number of hydrogen-bond donors (Lipinski definition) is 0. The van der Waals surface area contributed by atoms with E-state index >= 15 is 0 Å². The molecule has 1 aromatic heterocycles.